The number of aromatic nitrogens is 2. The molecule has 4 rings (SSSR count). The van der Waals surface area contributed by atoms with Gasteiger partial charge in [0.2, 0.25) is 21.9 Å². The molecule has 1 fully saturated rings. The van der Waals surface area contributed by atoms with Gasteiger partial charge in [-0.3, -0.25) is 4.79 Å². The van der Waals surface area contributed by atoms with E-state index < -0.39 is 39.5 Å². The molecule has 0 saturated carbocycles. The number of rotatable bonds is 7. The highest BCUT2D eigenvalue weighted by Crippen LogP contribution is 2.31. The minimum absolute atomic E-state index is 0.0588. The Morgan fingerprint density at radius 3 is 2.34 bits per heavy atom. The lowest BCUT2D eigenvalue weighted by atomic mass is 10.1. The zero-order valence-corrected chi connectivity index (χ0v) is 21.4. The Kier molecular flexibility index (Phi) is 7.70. The number of anilines is 1. The van der Waals surface area contributed by atoms with E-state index in [2.05, 4.69) is 15.3 Å². The first kappa shape index (κ1) is 27.5. The van der Waals surface area contributed by atoms with Gasteiger partial charge >= 0.3 is 6.18 Å². The van der Waals surface area contributed by atoms with Gasteiger partial charge in [-0.15, -0.1) is 0 Å². The van der Waals surface area contributed by atoms with E-state index in [1.54, 1.807) is 25.1 Å². The van der Waals surface area contributed by atoms with Crippen molar-refractivity contribution in [2.24, 2.45) is 0 Å². The van der Waals surface area contributed by atoms with E-state index in [0.717, 1.165) is 40.7 Å². The molecule has 1 saturated heterocycles. The molecular formula is C25H25F4N5O3S. The lowest BCUT2D eigenvalue weighted by Gasteiger charge is -2.23. The van der Waals surface area contributed by atoms with E-state index in [9.17, 15) is 30.8 Å². The second-order valence-corrected chi connectivity index (χ2v) is 10.9. The second-order valence-electron chi connectivity index (χ2n) is 8.96. The third kappa shape index (κ3) is 5.94. The number of hydrogen-bond donors (Lipinski definition) is 1. The molecule has 1 unspecified atom stereocenters. The Hall–Kier alpha value is -3.58. The molecule has 0 aliphatic carbocycles. The van der Waals surface area contributed by atoms with Crippen molar-refractivity contribution in [1.29, 1.82) is 0 Å². The van der Waals surface area contributed by atoms with E-state index in [4.69, 9.17) is 0 Å². The number of alkyl halides is 3. The summed E-state index contributed by atoms with van der Waals surface area (Å²) in [5, 5.41) is 2.71. The number of amides is 1. The van der Waals surface area contributed by atoms with Crippen LogP contribution in [0.4, 0.5) is 23.5 Å². The van der Waals surface area contributed by atoms with Crippen molar-refractivity contribution in [3.8, 4) is 11.3 Å². The van der Waals surface area contributed by atoms with Gasteiger partial charge in [0.25, 0.3) is 0 Å². The van der Waals surface area contributed by atoms with Crippen molar-refractivity contribution < 1.29 is 30.8 Å². The van der Waals surface area contributed by atoms with E-state index >= 15 is 0 Å². The van der Waals surface area contributed by atoms with Crippen molar-refractivity contribution in [3.05, 3.63) is 71.7 Å². The summed E-state index contributed by atoms with van der Waals surface area (Å²) < 4.78 is 79.3. The Morgan fingerprint density at radius 2 is 1.74 bits per heavy atom. The predicted octanol–water partition coefficient (Wildman–Crippen LogP) is 3.84. The van der Waals surface area contributed by atoms with Gasteiger partial charge in [0.1, 0.15) is 11.9 Å². The predicted molar refractivity (Wildman–Crippen MR) is 132 cm³/mol. The molecule has 2 heterocycles. The third-order valence-electron chi connectivity index (χ3n) is 6.05. The van der Waals surface area contributed by atoms with Crippen LogP contribution in [0.1, 0.15) is 24.1 Å². The number of benzene rings is 2. The molecule has 3 aromatic rings. The summed E-state index contributed by atoms with van der Waals surface area (Å²) >= 11 is 0. The van der Waals surface area contributed by atoms with Gasteiger partial charge in [-0.25, -0.2) is 22.8 Å². The summed E-state index contributed by atoms with van der Waals surface area (Å²) in [6.45, 7) is 0.0882. The highest BCUT2D eigenvalue weighted by molar-refractivity contribution is 7.89. The highest BCUT2D eigenvalue weighted by Gasteiger charge is 2.39. The van der Waals surface area contributed by atoms with Gasteiger partial charge in [0, 0.05) is 26.2 Å². The number of carbonyl (C=O) groups is 1. The summed E-state index contributed by atoms with van der Waals surface area (Å²) in [5.74, 6) is -0.806. The van der Waals surface area contributed by atoms with Gasteiger partial charge in [0.05, 0.1) is 28.4 Å². The monoisotopic (exact) mass is 551 g/mol. The van der Waals surface area contributed by atoms with Crippen LogP contribution in [-0.4, -0.2) is 55.3 Å². The van der Waals surface area contributed by atoms with Gasteiger partial charge in [-0.1, -0.05) is 12.1 Å². The number of halogens is 4. The molecule has 0 spiro atoms. The van der Waals surface area contributed by atoms with E-state index in [-0.39, 0.29) is 23.9 Å². The first-order chi connectivity index (χ1) is 17.9. The maximum Gasteiger partial charge on any atom is 0.416 e. The molecular weight excluding hydrogens is 526 g/mol. The van der Waals surface area contributed by atoms with Gasteiger partial charge in [-0.2, -0.15) is 17.5 Å². The fraction of sp³-hybridized carbons (Fsp3) is 0.320. The molecule has 1 aliphatic rings. The summed E-state index contributed by atoms with van der Waals surface area (Å²) in [6.07, 6.45) is -3.67. The van der Waals surface area contributed by atoms with Crippen molar-refractivity contribution in [1.82, 2.24) is 19.6 Å². The molecule has 202 valence electrons. The largest absolute Gasteiger partial charge is 0.416 e. The molecule has 1 aromatic heterocycles. The smallest absolute Gasteiger partial charge is 0.349 e. The van der Waals surface area contributed by atoms with Crippen LogP contribution in [0.5, 0.6) is 0 Å². The molecule has 0 bridgehead atoms. The van der Waals surface area contributed by atoms with Crippen molar-refractivity contribution in [2.45, 2.75) is 36.5 Å². The summed E-state index contributed by atoms with van der Waals surface area (Å²) in [7, 11) is -0.615. The third-order valence-corrected chi connectivity index (χ3v) is 7.97. The molecule has 1 amide bonds. The maximum absolute atomic E-state index is 13.3. The van der Waals surface area contributed by atoms with Crippen molar-refractivity contribution in [2.75, 3.05) is 25.5 Å². The number of nitrogens with zero attached hydrogens (tertiary/aromatic N) is 4. The minimum atomic E-state index is -4.47. The number of carbonyl (C=O) groups excluding carboxylic acids is 1. The zero-order chi connectivity index (χ0) is 27.7. The minimum Gasteiger partial charge on any atom is -0.349 e. The Labute approximate surface area is 217 Å². The lowest BCUT2D eigenvalue weighted by Crippen LogP contribution is -2.45. The Balaban J connectivity index is 1.53. The van der Waals surface area contributed by atoms with E-state index in [0.29, 0.717) is 29.8 Å². The number of hydrogen-bond acceptors (Lipinski definition) is 6. The molecule has 0 radical (unpaired) electrons. The quantitative estimate of drug-likeness (QED) is 0.449. The summed E-state index contributed by atoms with van der Waals surface area (Å²) in [4.78, 5) is 23.3. The van der Waals surface area contributed by atoms with Gasteiger partial charge in [-0.05, 0) is 55.3 Å². The molecule has 1 N–H and O–H groups in total. The molecule has 1 atom stereocenters. The molecule has 8 nitrogen and oxygen atoms in total. The Morgan fingerprint density at radius 1 is 1.08 bits per heavy atom. The first-order valence-corrected chi connectivity index (χ1v) is 13.1. The summed E-state index contributed by atoms with van der Waals surface area (Å²) in [5.41, 5.74) is 0.400. The number of sulfonamides is 1. The van der Waals surface area contributed by atoms with E-state index in [1.807, 2.05) is 0 Å². The SMILES string of the molecule is CN(C)c1nc(CNC(=O)C2CCCN2S(=O)(=O)c2ccc(F)cc2)cc(-c2ccc(C(F)(F)F)cc2)n1. The van der Waals surface area contributed by atoms with Gasteiger partial charge in [0.15, 0.2) is 0 Å². The number of nitrogens with one attached hydrogen (secondary N) is 1. The zero-order valence-electron chi connectivity index (χ0n) is 20.5. The van der Waals surface area contributed by atoms with Gasteiger partial charge < -0.3 is 10.2 Å². The maximum atomic E-state index is 13.3. The molecule has 13 heteroatoms. The normalized spacial score (nSPS) is 16.4. The fourth-order valence-electron chi connectivity index (χ4n) is 4.08. The lowest BCUT2D eigenvalue weighted by molar-refractivity contribution is -0.137. The topological polar surface area (TPSA) is 95.5 Å². The van der Waals surface area contributed by atoms with Crippen LogP contribution in [0.2, 0.25) is 0 Å². The van der Waals surface area contributed by atoms with Crippen LogP contribution in [0, 0.1) is 5.82 Å². The molecule has 1 aliphatic heterocycles. The average molecular weight is 552 g/mol. The fourth-order valence-corrected chi connectivity index (χ4v) is 5.74. The second kappa shape index (κ2) is 10.7. The summed E-state index contributed by atoms with van der Waals surface area (Å²) in [6, 6.07) is 9.55. The van der Waals surface area contributed by atoms with Crippen LogP contribution in [0.3, 0.4) is 0 Å². The van der Waals surface area contributed by atoms with E-state index in [1.165, 1.54) is 12.1 Å². The van der Waals surface area contributed by atoms with Crippen molar-refractivity contribution >= 4 is 21.9 Å². The first-order valence-electron chi connectivity index (χ1n) is 11.6. The standard InChI is InChI=1S/C25H25F4N5O3S/c1-33(2)24-31-19(14-21(32-24)16-5-7-17(8-6-16)25(27,28)29)15-30-23(35)22-4-3-13-34(22)38(36,37)20-11-9-18(26)10-12-20/h5-12,14,22H,3-4,13,15H2,1-2H3,(H,30,35). The van der Waals surface area contributed by atoms with Crippen LogP contribution in [-0.2, 0) is 27.5 Å². The molecule has 2 aromatic carbocycles. The highest BCUT2D eigenvalue weighted by atomic mass is 32.2. The van der Waals surface area contributed by atoms with Crippen molar-refractivity contribution in [3.63, 3.8) is 0 Å². The molecule has 38 heavy (non-hydrogen) atoms. The van der Waals surface area contributed by atoms with Crippen LogP contribution < -0.4 is 10.2 Å². The van der Waals surface area contributed by atoms with Crippen LogP contribution in [0.15, 0.2) is 59.5 Å². The van der Waals surface area contributed by atoms with Crippen LogP contribution >= 0.6 is 0 Å². The Bertz CT molecular complexity index is 1410. The average Bonchev–Trinajstić information content (AvgIpc) is 3.38. The van der Waals surface area contributed by atoms with Crippen LogP contribution in [0.25, 0.3) is 11.3 Å².